The fourth-order valence-corrected chi connectivity index (χ4v) is 2.33. The van der Waals surface area contributed by atoms with Gasteiger partial charge < -0.3 is 5.32 Å². The zero-order chi connectivity index (χ0) is 11.5. The first-order valence-corrected chi connectivity index (χ1v) is 6.18. The molecule has 0 aromatic heterocycles. The molecule has 2 atom stereocenters. The molecular weight excluding hydrogens is 220 g/mol. The number of benzene rings is 1. The molecule has 2 rings (SSSR count). The molecule has 0 radical (unpaired) electrons. The minimum atomic E-state index is 0.454. The molecule has 0 unspecified atom stereocenters. The van der Waals surface area contributed by atoms with Crippen LogP contribution >= 0.6 is 11.6 Å². The van der Waals surface area contributed by atoms with Gasteiger partial charge in [0.05, 0.1) is 0 Å². The zero-order valence-corrected chi connectivity index (χ0v) is 10.6. The van der Waals surface area contributed by atoms with Crippen molar-refractivity contribution in [3.8, 4) is 0 Å². The number of hydrogen-bond donors (Lipinski definition) is 0. The van der Waals surface area contributed by atoms with Gasteiger partial charge in [-0.25, -0.2) is 0 Å². The predicted molar refractivity (Wildman–Crippen MR) is 69.0 cm³/mol. The molecule has 88 valence electrons. The molecule has 1 aromatic rings. The van der Waals surface area contributed by atoms with E-state index in [1.807, 2.05) is 18.2 Å². The Bertz CT molecular complexity index is 354. The monoisotopic (exact) mass is 237 g/mol. The summed E-state index contributed by atoms with van der Waals surface area (Å²) >= 11 is 5.99. The molecule has 1 aliphatic rings. The lowest BCUT2D eigenvalue weighted by atomic mass is 10.1. The van der Waals surface area contributed by atoms with Crippen molar-refractivity contribution < 1.29 is 0 Å². The zero-order valence-electron chi connectivity index (χ0n) is 9.86. The van der Waals surface area contributed by atoms with Crippen molar-refractivity contribution in [2.24, 2.45) is 0 Å². The Morgan fingerprint density at radius 2 is 2.25 bits per heavy atom. The second-order valence-corrected chi connectivity index (χ2v) is 5.06. The van der Waals surface area contributed by atoms with Gasteiger partial charge >= 0.3 is 0 Å². The van der Waals surface area contributed by atoms with Crippen LogP contribution in [-0.4, -0.2) is 30.1 Å². The van der Waals surface area contributed by atoms with Crippen molar-refractivity contribution in [1.29, 1.82) is 0 Å². The highest BCUT2D eigenvalue weighted by Crippen LogP contribution is 2.19. The molecule has 0 bridgehead atoms. The maximum atomic E-state index is 5.99. The molecule has 16 heavy (non-hydrogen) atoms. The van der Waals surface area contributed by atoms with Gasteiger partial charge in [0.25, 0.3) is 0 Å². The molecule has 1 heterocycles. The summed E-state index contributed by atoms with van der Waals surface area (Å²) in [5.41, 5.74) is 1.29. The summed E-state index contributed by atoms with van der Waals surface area (Å²) in [5.74, 6) is 0. The van der Waals surface area contributed by atoms with Crippen LogP contribution in [0.2, 0.25) is 5.02 Å². The Morgan fingerprint density at radius 1 is 1.44 bits per heavy atom. The molecular formula is C13H18ClN2-. The van der Waals surface area contributed by atoms with E-state index < -0.39 is 0 Å². The Morgan fingerprint density at radius 3 is 3.00 bits per heavy atom. The fourth-order valence-electron chi connectivity index (χ4n) is 2.12. The molecule has 1 fully saturated rings. The Labute approximate surface area is 103 Å². The van der Waals surface area contributed by atoms with Gasteiger partial charge in [-0.05, 0) is 30.3 Å². The summed E-state index contributed by atoms with van der Waals surface area (Å²) < 4.78 is 0. The maximum absolute atomic E-state index is 5.99. The summed E-state index contributed by atoms with van der Waals surface area (Å²) in [5, 5.41) is 5.37. The van der Waals surface area contributed by atoms with Gasteiger partial charge in [0, 0.05) is 11.6 Å². The van der Waals surface area contributed by atoms with Crippen molar-refractivity contribution in [3.63, 3.8) is 0 Å². The number of halogens is 1. The highest BCUT2D eigenvalue weighted by Gasteiger charge is 2.15. The van der Waals surface area contributed by atoms with E-state index >= 15 is 0 Å². The molecule has 0 saturated carbocycles. The highest BCUT2D eigenvalue weighted by molar-refractivity contribution is 6.30. The molecule has 0 amide bonds. The molecule has 2 nitrogen and oxygen atoms in total. The Hall–Kier alpha value is -0.570. The molecule has 1 aromatic carbocycles. The molecule has 0 spiro atoms. The standard InChI is InChI=1S/C13H18ClN2/c1-10-8-16(11(2)7-15-10)9-12-4-3-5-13(14)6-12/h3-6,10-11H,7-9H2,1-2H3/q-1/t10-,11+/m0/s1. The average molecular weight is 238 g/mol. The lowest BCUT2D eigenvalue weighted by Crippen LogP contribution is -2.44. The Balaban J connectivity index is 2.02. The summed E-state index contributed by atoms with van der Waals surface area (Å²) in [6.07, 6.45) is 0. The number of nitrogens with zero attached hydrogens (tertiary/aromatic N) is 2. The van der Waals surface area contributed by atoms with Gasteiger partial charge in [-0.3, -0.25) is 4.90 Å². The Kier molecular flexibility index (Phi) is 3.85. The van der Waals surface area contributed by atoms with E-state index in [4.69, 9.17) is 11.6 Å². The minimum absolute atomic E-state index is 0.454. The third-order valence-corrected chi connectivity index (χ3v) is 3.31. The van der Waals surface area contributed by atoms with E-state index in [-0.39, 0.29) is 0 Å². The summed E-state index contributed by atoms with van der Waals surface area (Å²) in [6, 6.07) is 9.10. The van der Waals surface area contributed by atoms with E-state index in [1.165, 1.54) is 5.56 Å². The molecule has 3 heteroatoms. The van der Waals surface area contributed by atoms with E-state index in [9.17, 15) is 0 Å². The second kappa shape index (κ2) is 5.17. The number of hydrogen-bond acceptors (Lipinski definition) is 1. The lowest BCUT2D eigenvalue weighted by Gasteiger charge is -2.46. The van der Waals surface area contributed by atoms with Crippen LogP contribution in [0, 0.1) is 0 Å². The summed E-state index contributed by atoms with van der Waals surface area (Å²) in [4.78, 5) is 2.48. The SMILES string of the molecule is C[C@@H]1C[N-][C@@H](C)CN1Cc1cccc(Cl)c1. The first-order chi connectivity index (χ1) is 7.65. The van der Waals surface area contributed by atoms with Gasteiger partial charge in [-0.2, -0.15) is 0 Å². The van der Waals surface area contributed by atoms with Crippen LogP contribution in [-0.2, 0) is 6.54 Å². The van der Waals surface area contributed by atoms with Crippen LogP contribution in [0.5, 0.6) is 0 Å². The maximum Gasteiger partial charge on any atom is 0.0409 e. The first kappa shape index (κ1) is 11.9. The van der Waals surface area contributed by atoms with Gasteiger partial charge in [0.2, 0.25) is 0 Å². The van der Waals surface area contributed by atoms with E-state index in [0.29, 0.717) is 12.1 Å². The largest absolute Gasteiger partial charge is 0.657 e. The van der Waals surface area contributed by atoms with Crippen molar-refractivity contribution in [2.75, 3.05) is 13.1 Å². The minimum Gasteiger partial charge on any atom is -0.657 e. The summed E-state index contributed by atoms with van der Waals surface area (Å²) in [6.45, 7) is 7.38. The normalized spacial score (nSPS) is 26.9. The van der Waals surface area contributed by atoms with E-state index in [0.717, 1.165) is 24.7 Å². The van der Waals surface area contributed by atoms with Gasteiger partial charge in [-0.15, -0.1) is 12.6 Å². The third kappa shape index (κ3) is 2.97. The first-order valence-electron chi connectivity index (χ1n) is 5.80. The quantitative estimate of drug-likeness (QED) is 0.772. The predicted octanol–water partition coefficient (Wildman–Crippen LogP) is 3.31. The van der Waals surface area contributed by atoms with Gasteiger partial charge in [-0.1, -0.05) is 37.6 Å². The lowest BCUT2D eigenvalue weighted by molar-refractivity contribution is 0.181. The molecule has 0 N–H and O–H groups in total. The summed E-state index contributed by atoms with van der Waals surface area (Å²) in [7, 11) is 0. The van der Waals surface area contributed by atoms with Crippen LogP contribution in [0.25, 0.3) is 5.32 Å². The van der Waals surface area contributed by atoms with Crippen molar-refractivity contribution in [1.82, 2.24) is 4.90 Å². The topological polar surface area (TPSA) is 17.3 Å². The van der Waals surface area contributed by atoms with Crippen LogP contribution in [0.4, 0.5) is 0 Å². The van der Waals surface area contributed by atoms with Crippen LogP contribution in [0.3, 0.4) is 0 Å². The van der Waals surface area contributed by atoms with E-state index in [1.54, 1.807) is 0 Å². The van der Waals surface area contributed by atoms with Crippen LogP contribution < -0.4 is 0 Å². The van der Waals surface area contributed by atoms with Crippen molar-refractivity contribution in [3.05, 3.63) is 40.2 Å². The van der Waals surface area contributed by atoms with E-state index in [2.05, 4.69) is 30.1 Å². The van der Waals surface area contributed by atoms with Crippen molar-refractivity contribution >= 4 is 11.6 Å². The fraction of sp³-hybridized carbons (Fsp3) is 0.538. The molecule has 0 aliphatic carbocycles. The highest BCUT2D eigenvalue weighted by atomic mass is 35.5. The molecule has 1 saturated heterocycles. The van der Waals surface area contributed by atoms with Gasteiger partial charge in [0.1, 0.15) is 0 Å². The van der Waals surface area contributed by atoms with Crippen LogP contribution in [0.15, 0.2) is 24.3 Å². The second-order valence-electron chi connectivity index (χ2n) is 4.62. The van der Waals surface area contributed by atoms with Crippen molar-refractivity contribution in [2.45, 2.75) is 32.5 Å². The van der Waals surface area contributed by atoms with Gasteiger partial charge in [0.15, 0.2) is 0 Å². The number of piperazine rings is 1. The third-order valence-electron chi connectivity index (χ3n) is 3.08. The molecule has 1 aliphatic heterocycles. The number of rotatable bonds is 2. The average Bonchev–Trinajstić information content (AvgIpc) is 2.24. The smallest absolute Gasteiger partial charge is 0.0409 e. The van der Waals surface area contributed by atoms with Crippen LogP contribution in [0.1, 0.15) is 19.4 Å².